The molecular formula is C69H104F3N15O23. The van der Waals surface area contributed by atoms with E-state index in [1.165, 1.54) is 77.1 Å². The van der Waals surface area contributed by atoms with Gasteiger partial charge in [0.1, 0.15) is 66.6 Å². The Morgan fingerprint density at radius 2 is 1.17 bits per heavy atom. The average Bonchev–Trinajstić information content (AvgIpc) is 0.809. The van der Waals surface area contributed by atoms with Gasteiger partial charge in [0.15, 0.2) is 24.2 Å². The van der Waals surface area contributed by atoms with Crippen molar-refractivity contribution >= 4 is 94.9 Å². The molecular weight excluding hydrogens is 1460 g/mol. The quantitative estimate of drug-likeness (QED) is 0.0151. The van der Waals surface area contributed by atoms with Gasteiger partial charge in [0.2, 0.25) is 65.0 Å². The van der Waals surface area contributed by atoms with Gasteiger partial charge >= 0.3 is 30.2 Å². The van der Waals surface area contributed by atoms with Crippen molar-refractivity contribution in [2.45, 2.75) is 212 Å². The van der Waals surface area contributed by atoms with Crippen LogP contribution in [-0.4, -0.2) is 237 Å². The molecule has 0 aliphatic carbocycles. The number of carboxylic acids is 1. The lowest BCUT2D eigenvalue weighted by molar-refractivity contribution is -0.192. The van der Waals surface area contributed by atoms with Gasteiger partial charge in [-0.05, 0) is 94.7 Å². The van der Waals surface area contributed by atoms with Crippen LogP contribution in [0, 0.1) is 23.7 Å². The predicted octanol–water partition coefficient (Wildman–Crippen LogP) is -3.42. The number of nitrogens with one attached hydrogen (secondary N) is 11. The summed E-state index contributed by atoms with van der Waals surface area (Å²) in [5.74, 6) is -22.3. The highest BCUT2D eigenvalue weighted by Gasteiger charge is 2.45. The third-order valence-electron chi connectivity index (χ3n) is 16.0. The van der Waals surface area contributed by atoms with Crippen LogP contribution in [0.1, 0.15) is 137 Å². The fourth-order valence-electron chi connectivity index (χ4n) is 10.1. The number of primary amides is 1. The Morgan fingerprint density at radius 3 is 1.68 bits per heavy atom. The first kappa shape index (κ1) is 95.3. The van der Waals surface area contributed by atoms with Crippen molar-refractivity contribution in [2.75, 3.05) is 26.3 Å². The molecule has 1 aliphatic heterocycles. The standard InChI is InChI=1S/C67H103N15O21.C2HF3O2/c1-13-35(8)45-59(94)80-46(36(9)84)58(93)72-29-44(85)78-48(51(87)53(68)88)61(96)76-42(30-83)64(99)102-52(37-21-16-14-17-22-37)49(82-56(91)41(28-33(4)5)74-57(92)43(77-66(100)103-67(10,11)12)31-101-63(98)38-23-18-15-19-24-38)62(97)81-47(50(86)34(6)7)60(95)75-40(27-32(2)3)55(90)73-39(54(89)79-45)25-20-26-71-65(69)70;3-2(4,5)1(6)7/h14-19,21-24,32-36,39-43,45-52,83-84,86-87H,13,20,25-31H2,1-12H3,(H2,68,88)(H,72,93)(H,73,90)(H,74,92)(H,75,95)(H,76,96)(H,77,100)(H,78,85)(H,79,89)(H,80,94)(H,81,97)(H,82,91)(H4,69,70,71);(H,6,7)/t35-,36-,39+,40-,41-,42-,43+,45?,46?,47-,48-,49-,50+,51-,52+;/m0./s1. The number of guanidine groups is 1. The summed E-state index contributed by atoms with van der Waals surface area (Å²) in [6.07, 6.45) is -15.2. The number of hydrogen-bond donors (Lipinski definition) is 19. The summed E-state index contributed by atoms with van der Waals surface area (Å²) in [5.41, 5.74) is 15.3. The average molecular weight is 1570 g/mol. The van der Waals surface area contributed by atoms with Gasteiger partial charge in [-0.1, -0.05) is 110 Å². The van der Waals surface area contributed by atoms with E-state index in [2.05, 4.69) is 52.8 Å². The zero-order chi connectivity index (χ0) is 83.8. The lowest BCUT2D eigenvalue weighted by Crippen LogP contribution is -2.64. The number of rotatable bonds is 25. The molecule has 22 N–H and O–H groups in total. The Labute approximate surface area is 631 Å². The molecule has 1 saturated heterocycles. The molecule has 0 bridgehead atoms. The molecule has 0 aromatic heterocycles. The summed E-state index contributed by atoms with van der Waals surface area (Å²) in [4.78, 5) is 212. The van der Waals surface area contributed by atoms with Crippen molar-refractivity contribution in [3.05, 3.63) is 71.8 Å². The normalized spacial score (nSPS) is 22.2. The van der Waals surface area contributed by atoms with Crippen molar-refractivity contribution < 1.29 is 125 Å². The largest absolute Gasteiger partial charge is 0.490 e. The highest BCUT2D eigenvalue weighted by Crippen LogP contribution is 2.25. The van der Waals surface area contributed by atoms with E-state index >= 15 is 14.4 Å². The fraction of sp³-hybridized carbons (Fsp3) is 0.594. The maximum absolute atomic E-state index is 15.6. The first-order valence-corrected chi connectivity index (χ1v) is 34.9. The molecule has 614 valence electrons. The summed E-state index contributed by atoms with van der Waals surface area (Å²) in [5, 5.41) is 77.6. The molecule has 110 heavy (non-hydrogen) atoms. The maximum Gasteiger partial charge on any atom is 0.490 e. The van der Waals surface area contributed by atoms with Gasteiger partial charge in [-0.2, -0.15) is 13.2 Å². The molecule has 1 heterocycles. The number of carboxylic acid groups (broad SMARTS) is 1. The number of halogens is 3. The van der Waals surface area contributed by atoms with Crippen molar-refractivity contribution in [2.24, 2.45) is 45.9 Å². The molecule has 0 radical (unpaired) electrons. The Kier molecular flexibility index (Phi) is 39.2. The summed E-state index contributed by atoms with van der Waals surface area (Å²) in [6, 6.07) is -5.01. The Hall–Kier alpha value is -10.8. The zero-order valence-electron chi connectivity index (χ0n) is 62.9. The fourth-order valence-corrected chi connectivity index (χ4v) is 10.1. The van der Waals surface area contributed by atoms with E-state index in [0.717, 1.165) is 6.92 Å². The number of ether oxygens (including phenoxy) is 3. The van der Waals surface area contributed by atoms with Crippen LogP contribution >= 0.6 is 0 Å². The summed E-state index contributed by atoms with van der Waals surface area (Å²) >= 11 is 0. The van der Waals surface area contributed by atoms with Gasteiger partial charge in [-0.25, -0.2) is 19.2 Å². The van der Waals surface area contributed by atoms with E-state index in [1.54, 1.807) is 59.7 Å². The maximum atomic E-state index is 15.6. The summed E-state index contributed by atoms with van der Waals surface area (Å²) in [6.45, 7) is 14.9. The van der Waals surface area contributed by atoms with Crippen LogP contribution in [0.15, 0.2) is 65.7 Å². The van der Waals surface area contributed by atoms with Crippen molar-refractivity contribution in [1.29, 1.82) is 0 Å². The highest BCUT2D eigenvalue weighted by molar-refractivity contribution is 6.01. The SMILES string of the molecule is CC[C@H](C)C1NC(=O)[C@@H](CCCN=C(N)N)NC(=O)[C@H](CC(C)C)NC(=O)[C@H]([C@H](O)C(C)C)NC(=O)[C@@H](NC(=O)[C@H](CC(C)C)NC(=O)[C@@H](COC(=O)c2ccccc2)NC(=O)OC(C)(C)C)[C@@H](c2ccccc2)OC(=O)[C@H](CO)NC(=O)[C@H]([C@H](O)C(N)=O)NC(=O)CNC(=O)C([C@H](C)O)NC1=O.O=C(O)C(F)(F)F. The van der Waals surface area contributed by atoms with Crippen LogP contribution in [0.4, 0.5) is 18.0 Å². The monoisotopic (exact) mass is 1570 g/mol. The number of carbonyl (C=O) groups is 15. The smallest absolute Gasteiger partial charge is 0.475 e. The van der Waals surface area contributed by atoms with Crippen LogP contribution in [0.3, 0.4) is 0 Å². The van der Waals surface area contributed by atoms with E-state index in [9.17, 15) is 86.3 Å². The van der Waals surface area contributed by atoms with Gasteiger partial charge in [0.25, 0.3) is 0 Å². The lowest BCUT2D eigenvalue weighted by atomic mass is 9.95. The molecule has 38 nitrogen and oxygen atoms in total. The topological polar surface area (TPSA) is 608 Å². The number of aliphatic hydroxyl groups is 4. The summed E-state index contributed by atoms with van der Waals surface area (Å²) in [7, 11) is 0. The van der Waals surface area contributed by atoms with Gasteiger partial charge in [0, 0.05) is 6.54 Å². The Morgan fingerprint density at radius 1 is 0.645 bits per heavy atom. The molecule has 15 atom stereocenters. The minimum absolute atomic E-state index is 0.0114. The lowest BCUT2D eigenvalue weighted by Gasteiger charge is -2.34. The van der Waals surface area contributed by atoms with Crippen molar-refractivity contribution in [1.82, 2.24) is 58.5 Å². The van der Waals surface area contributed by atoms with Gasteiger partial charge < -0.3 is 115 Å². The molecule has 1 fully saturated rings. The number of amides is 12. The number of alkyl carbamates (subject to hydrolysis) is 1. The number of cyclic esters (lactones) is 1. The second-order valence-corrected chi connectivity index (χ2v) is 27.8. The number of nitrogens with two attached hydrogens (primary N) is 3. The van der Waals surface area contributed by atoms with Crippen molar-refractivity contribution in [3.8, 4) is 0 Å². The minimum Gasteiger partial charge on any atom is -0.475 e. The number of aliphatic carboxylic acids is 1. The molecule has 2 aromatic carbocycles. The second-order valence-electron chi connectivity index (χ2n) is 27.8. The molecule has 0 saturated carbocycles. The summed E-state index contributed by atoms with van der Waals surface area (Å²) < 4.78 is 48.5. The number of esters is 2. The van der Waals surface area contributed by atoms with Crippen LogP contribution in [0.2, 0.25) is 0 Å². The second kappa shape index (κ2) is 45.2. The number of benzene rings is 2. The van der Waals surface area contributed by atoms with E-state index < -0.39 is 229 Å². The van der Waals surface area contributed by atoms with Gasteiger partial charge in [0.05, 0.1) is 30.9 Å². The number of carbonyl (C=O) groups excluding carboxylic acids is 14. The number of alkyl halides is 3. The molecule has 2 aromatic rings. The van der Waals surface area contributed by atoms with Crippen LogP contribution in [0.5, 0.6) is 0 Å². The molecule has 2 unspecified atom stereocenters. The number of aliphatic imine (C=N–C) groups is 1. The van der Waals surface area contributed by atoms with Crippen LogP contribution in [-0.2, 0) is 76.5 Å². The third kappa shape index (κ3) is 33.0. The highest BCUT2D eigenvalue weighted by atomic mass is 19.4. The first-order chi connectivity index (χ1) is 51.1. The number of nitrogens with zero attached hydrogens (tertiary/aromatic N) is 1. The molecule has 0 spiro atoms. The Bertz CT molecular complexity index is 3510. The van der Waals surface area contributed by atoms with Crippen LogP contribution in [0.25, 0.3) is 0 Å². The van der Waals surface area contributed by atoms with E-state index in [4.69, 9.17) is 41.3 Å². The van der Waals surface area contributed by atoms with Gasteiger partial charge in [-0.15, -0.1) is 0 Å². The van der Waals surface area contributed by atoms with Crippen LogP contribution < -0.4 is 75.7 Å². The molecule has 3 rings (SSSR count). The third-order valence-corrected chi connectivity index (χ3v) is 16.0. The zero-order valence-corrected chi connectivity index (χ0v) is 62.9. The molecule has 12 amide bonds. The molecule has 1 aliphatic rings. The van der Waals surface area contributed by atoms with E-state index in [0.29, 0.717) is 0 Å². The molecule has 41 heteroatoms. The minimum atomic E-state index is -5.08. The number of aliphatic hydroxyl groups excluding tert-OH is 4. The van der Waals surface area contributed by atoms with E-state index in [-0.39, 0.29) is 55.7 Å². The van der Waals surface area contributed by atoms with Crippen molar-refractivity contribution in [3.63, 3.8) is 0 Å². The first-order valence-electron chi connectivity index (χ1n) is 34.9. The number of hydrogen-bond acceptors (Lipinski definition) is 23. The predicted molar refractivity (Wildman–Crippen MR) is 382 cm³/mol. The Balaban J connectivity index is 0.00000557. The van der Waals surface area contributed by atoms with Gasteiger partial charge in [-0.3, -0.25) is 57.7 Å². The van der Waals surface area contributed by atoms with E-state index in [1.807, 2.05) is 10.6 Å².